The van der Waals surface area contributed by atoms with E-state index in [1.807, 2.05) is 56.4 Å². The third kappa shape index (κ3) is 3.59. The van der Waals surface area contributed by atoms with Crippen LogP contribution in [0.1, 0.15) is 39.5 Å². The van der Waals surface area contributed by atoms with Gasteiger partial charge in [0.05, 0.1) is 29.7 Å². The number of nitrogens with zero attached hydrogens (tertiary/aromatic N) is 1. The maximum absolute atomic E-state index is 14.4. The van der Waals surface area contributed by atoms with Crippen molar-refractivity contribution in [2.75, 3.05) is 16.8 Å². The summed E-state index contributed by atoms with van der Waals surface area (Å²) in [5.74, 6) is -3.35. The molecule has 3 N–H and O–H groups in total. The zero-order valence-electron chi connectivity index (χ0n) is 23.5. The molecule has 9 heteroatoms. The lowest BCUT2D eigenvalue weighted by Gasteiger charge is -2.30. The zero-order chi connectivity index (χ0) is 29.3. The Kier molecular flexibility index (Phi) is 5.85. The number of rotatable bonds is 5. The van der Waals surface area contributed by atoms with Crippen molar-refractivity contribution in [3.63, 3.8) is 0 Å². The van der Waals surface area contributed by atoms with Gasteiger partial charge in [0.15, 0.2) is 0 Å². The molecule has 42 heavy (non-hydrogen) atoms. The number of aromatic amines is 1. The number of hydrogen-bond donors (Lipinski definition) is 3. The van der Waals surface area contributed by atoms with Crippen molar-refractivity contribution in [1.29, 1.82) is 0 Å². The zero-order valence-corrected chi connectivity index (χ0v) is 23.5. The number of nitrogens with one attached hydrogen (secondary N) is 3. The number of aromatic nitrogens is 1. The first kappa shape index (κ1) is 26.2. The summed E-state index contributed by atoms with van der Waals surface area (Å²) in [5, 5.41) is 7.61. The van der Waals surface area contributed by atoms with E-state index >= 15 is 0 Å². The number of ether oxygens (including phenoxy) is 1. The average molecular weight is 563 g/mol. The fourth-order valence-corrected chi connectivity index (χ4v) is 7.19. The number of aryl methyl sites for hydroxylation is 2. The molecule has 0 radical (unpaired) electrons. The van der Waals surface area contributed by atoms with Gasteiger partial charge in [-0.15, -0.1) is 0 Å². The van der Waals surface area contributed by atoms with E-state index in [-0.39, 0.29) is 18.4 Å². The molecule has 0 aliphatic carbocycles. The SMILES string of the molecule is CCOC(=O)c1ccc(N2C(=O)[C@@H]3[C@H](Cc4c[nH]c5ccccc45)N[C@@]4(C(=O)Nc5c(C)cc(C)cc54)[C@H]3C2=O)cc1. The van der Waals surface area contributed by atoms with Crippen molar-refractivity contribution in [3.05, 3.63) is 94.7 Å². The van der Waals surface area contributed by atoms with Gasteiger partial charge in [-0.2, -0.15) is 0 Å². The minimum absolute atomic E-state index is 0.239. The monoisotopic (exact) mass is 562 g/mol. The van der Waals surface area contributed by atoms with E-state index in [1.54, 1.807) is 31.2 Å². The Balaban J connectivity index is 1.34. The van der Waals surface area contributed by atoms with Crippen LogP contribution in [0.15, 0.2) is 66.9 Å². The van der Waals surface area contributed by atoms with Gasteiger partial charge < -0.3 is 15.0 Å². The summed E-state index contributed by atoms with van der Waals surface area (Å²) in [7, 11) is 0. The van der Waals surface area contributed by atoms with Crippen LogP contribution in [0.3, 0.4) is 0 Å². The Labute approximate surface area is 242 Å². The molecule has 3 aromatic carbocycles. The largest absolute Gasteiger partial charge is 0.462 e. The normalized spacial score (nSPS) is 24.4. The Morgan fingerprint density at radius 3 is 2.52 bits per heavy atom. The summed E-state index contributed by atoms with van der Waals surface area (Å²) in [4.78, 5) is 59.3. The number of esters is 1. The summed E-state index contributed by atoms with van der Waals surface area (Å²) in [6.45, 7) is 5.85. The van der Waals surface area contributed by atoms with E-state index < -0.39 is 35.3 Å². The van der Waals surface area contributed by atoms with Gasteiger partial charge in [-0.05, 0) is 68.7 Å². The predicted molar refractivity (Wildman–Crippen MR) is 157 cm³/mol. The van der Waals surface area contributed by atoms with Gasteiger partial charge in [-0.1, -0.05) is 35.9 Å². The van der Waals surface area contributed by atoms with Crippen LogP contribution in [0.25, 0.3) is 10.9 Å². The highest BCUT2D eigenvalue weighted by Crippen LogP contribution is 2.54. The maximum Gasteiger partial charge on any atom is 0.338 e. The number of carbonyl (C=O) groups excluding carboxylic acids is 4. The van der Waals surface area contributed by atoms with Crippen LogP contribution in [0.2, 0.25) is 0 Å². The van der Waals surface area contributed by atoms with Gasteiger partial charge in [-0.3, -0.25) is 19.7 Å². The highest BCUT2D eigenvalue weighted by atomic mass is 16.5. The number of carbonyl (C=O) groups is 4. The van der Waals surface area contributed by atoms with E-state index in [4.69, 9.17) is 4.74 Å². The standard InChI is InChI=1S/C33H30N4O5/c1-4-42-31(40)19-9-11-21(12-10-19)37-29(38)26-25(15-20-16-34-24-8-6-5-7-22(20)24)36-33(27(26)30(37)39)23-14-17(2)13-18(3)28(23)35-32(33)41/h5-14,16,25-27,34,36H,4,15H2,1-3H3,(H,35,41)/t25-,26+,27+,33+/m0/s1. The number of imide groups is 1. The first-order chi connectivity index (χ1) is 20.2. The second kappa shape index (κ2) is 9.39. The lowest BCUT2D eigenvalue weighted by molar-refractivity contribution is -0.130. The molecule has 1 aromatic heterocycles. The quantitative estimate of drug-likeness (QED) is 0.249. The minimum Gasteiger partial charge on any atom is -0.462 e. The topological polar surface area (TPSA) is 121 Å². The van der Waals surface area contributed by atoms with E-state index in [0.29, 0.717) is 28.9 Å². The van der Waals surface area contributed by atoms with Crippen LogP contribution >= 0.6 is 0 Å². The highest BCUT2D eigenvalue weighted by Gasteiger charge is 2.70. The number of amides is 3. The van der Waals surface area contributed by atoms with Gasteiger partial charge in [0.25, 0.3) is 0 Å². The van der Waals surface area contributed by atoms with E-state index in [2.05, 4.69) is 15.6 Å². The molecule has 4 atom stereocenters. The van der Waals surface area contributed by atoms with Crippen LogP contribution < -0.4 is 15.5 Å². The van der Waals surface area contributed by atoms with Crippen molar-refractivity contribution >= 4 is 46.0 Å². The van der Waals surface area contributed by atoms with Crippen LogP contribution in [-0.4, -0.2) is 41.3 Å². The number of fused-ring (bicyclic) bond motifs is 5. The van der Waals surface area contributed by atoms with Crippen molar-refractivity contribution in [3.8, 4) is 0 Å². The fourth-order valence-electron chi connectivity index (χ4n) is 7.19. The molecule has 0 saturated carbocycles. The minimum atomic E-state index is -1.40. The summed E-state index contributed by atoms with van der Waals surface area (Å²) in [6, 6.07) is 17.6. The van der Waals surface area contributed by atoms with Crippen molar-refractivity contribution < 1.29 is 23.9 Å². The Morgan fingerprint density at radius 2 is 1.76 bits per heavy atom. The van der Waals surface area contributed by atoms with Gasteiger partial charge in [0.1, 0.15) is 5.54 Å². The third-order valence-electron chi connectivity index (χ3n) is 8.92. The van der Waals surface area contributed by atoms with Crippen LogP contribution in [0.5, 0.6) is 0 Å². The lowest BCUT2D eigenvalue weighted by Crippen LogP contribution is -2.53. The predicted octanol–water partition coefficient (Wildman–Crippen LogP) is 4.13. The molecular weight excluding hydrogens is 532 g/mol. The van der Waals surface area contributed by atoms with E-state index in [9.17, 15) is 19.2 Å². The smallest absolute Gasteiger partial charge is 0.338 e. The number of benzene rings is 3. The van der Waals surface area contributed by atoms with Crippen LogP contribution in [-0.2, 0) is 31.1 Å². The Hall–Kier alpha value is -4.76. The molecule has 2 saturated heterocycles. The fraction of sp³-hybridized carbons (Fsp3) is 0.273. The number of anilines is 2. The van der Waals surface area contributed by atoms with Crippen molar-refractivity contribution in [1.82, 2.24) is 10.3 Å². The first-order valence-electron chi connectivity index (χ1n) is 14.2. The lowest BCUT2D eigenvalue weighted by atomic mass is 9.75. The van der Waals surface area contributed by atoms with Gasteiger partial charge >= 0.3 is 5.97 Å². The third-order valence-corrected chi connectivity index (χ3v) is 8.92. The molecule has 0 bridgehead atoms. The molecule has 4 aromatic rings. The molecule has 3 aliphatic rings. The Bertz CT molecular complexity index is 1810. The van der Waals surface area contributed by atoms with E-state index in [0.717, 1.165) is 27.6 Å². The molecule has 212 valence electrons. The molecule has 4 heterocycles. The van der Waals surface area contributed by atoms with Crippen LogP contribution in [0.4, 0.5) is 11.4 Å². The van der Waals surface area contributed by atoms with Crippen LogP contribution in [0, 0.1) is 25.7 Å². The van der Waals surface area contributed by atoms with Crippen molar-refractivity contribution in [2.45, 2.75) is 38.8 Å². The Morgan fingerprint density at radius 1 is 1.00 bits per heavy atom. The second-order valence-electron chi connectivity index (χ2n) is 11.4. The molecule has 2 fully saturated rings. The van der Waals surface area contributed by atoms with Gasteiger partial charge in [0.2, 0.25) is 17.7 Å². The first-order valence-corrected chi connectivity index (χ1v) is 14.2. The molecule has 0 unspecified atom stereocenters. The average Bonchev–Trinajstić information content (AvgIpc) is 3.68. The van der Waals surface area contributed by atoms with E-state index in [1.165, 1.54) is 4.90 Å². The molecule has 9 nitrogen and oxygen atoms in total. The summed E-state index contributed by atoms with van der Waals surface area (Å²) in [6.07, 6.45) is 2.37. The number of para-hydroxylation sites is 1. The number of H-pyrrole nitrogens is 1. The van der Waals surface area contributed by atoms with Gasteiger partial charge in [-0.25, -0.2) is 9.69 Å². The molecule has 3 aliphatic heterocycles. The van der Waals surface area contributed by atoms with Crippen molar-refractivity contribution in [2.24, 2.45) is 11.8 Å². The summed E-state index contributed by atoms with van der Waals surface area (Å²) in [5.41, 5.74) is 4.49. The molecule has 1 spiro atoms. The summed E-state index contributed by atoms with van der Waals surface area (Å²) >= 11 is 0. The highest BCUT2D eigenvalue weighted by molar-refractivity contribution is 6.26. The second-order valence-corrected chi connectivity index (χ2v) is 11.4. The summed E-state index contributed by atoms with van der Waals surface area (Å²) < 4.78 is 5.08. The molecule has 3 amide bonds. The molecule has 7 rings (SSSR count). The molecular formula is C33H30N4O5. The number of hydrogen-bond acceptors (Lipinski definition) is 6. The van der Waals surface area contributed by atoms with Gasteiger partial charge in [0, 0.05) is 34.4 Å². The maximum atomic E-state index is 14.4.